The number of amides is 1. The first-order valence-corrected chi connectivity index (χ1v) is 10.8. The highest BCUT2D eigenvalue weighted by Gasteiger charge is 2.36. The van der Waals surface area contributed by atoms with E-state index in [1.54, 1.807) is 0 Å². The van der Waals surface area contributed by atoms with E-state index in [1.165, 1.54) is 16.7 Å². The van der Waals surface area contributed by atoms with E-state index in [2.05, 4.69) is 85.0 Å². The van der Waals surface area contributed by atoms with Gasteiger partial charge in [-0.25, -0.2) is 0 Å². The Bertz CT molecular complexity index is 753. The van der Waals surface area contributed by atoms with Crippen molar-refractivity contribution in [3.8, 4) is 0 Å². The molecule has 2 nitrogen and oxygen atoms in total. The van der Waals surface area contributed by atoms with E-state index >= 15 is 0 Å². The summed E-state index contributed by atoms with van der Waals surface area (Å²) >= 11 is 1.83. The smallest absolute Gasteiger partial charge is 0.220 e. The van der Waals surface area contributed by atoms with Gasteiger partial charge in [-0.05, 0) is 23.1 Å². The molecule has 0 aliphatic carbocycles. The third-order valence-electron chi connectivity index (χ3n) is 4.76. The van der Waals surface area contributed by atoms with Crippen LogP contribution in [-0.4, -0.2) is 18.2 Å². The monoisotopic (exact) mass is 389 g/mol. The van der Waals surface area contributed by atoms with Gasteiger partial charge in [0, 0.05) is 18.7 Å². The SMILES string of the molecule is CCCNC(=O)CCSC(c1ccccc1)(c1ccccc1)c1ccccc1. The van der Waals surface area contributed by atoms with Crippen molar-refractivity contribution in [2.24, 2.45) is 0 Å². The molecule has 0 heterocycles. The number of thioether (sulfide) groups is 1. The predicted octanol–water partition coefficient (Wildman–Crippen LogP) is 5.63. The van der Waals surface area contributed by atoms with Gasteiger partial charge in [-0.15, -0.1) is 11.8 Å². The lowest BCUT2D eigenvalue weighted by atomic mass is 9.84. The van der Waals surface area contributed by atoms with Crippen LogP contribution in [0.15, 0.2) is 91.0 Å². The van der Waals surface area contributed by atoms with E-state index in [9.17, 15) is 4.79 Å². The van der Waals surface area contributed by atoms with Crippen LogP contribution in [-0.2, 0) is 9.54 Å². The van der Waals surface area contributed by atoms with Crippen molar-refractivity contribution in [2.75, 3.05) is 12.3 Å². The molecule has 3 aromatic carbocycles. The van der Waals surface area contributed by atoms with Gasteiger partial charge in [0.1, 0.15) is 0 Å². The molecular weight excluding hydrogens is 362 g/mol. The molecule has 0 unspecified atom stereocenters. The van der Waals surface area contributed by atoms with Crippen LogP contribution >= 0.6 is 11.8 Å². The van der Waals surface area contributed by atoms with Crippen molar-refractivity contribution in [3.63, 3.8) is 0 Å². The van der Waals surface area contributed by atoms with Gasteiger partial charge in [0.25, 0.3) is 0 Å². The van der Waals surface area contributed by atoms with Crippen molar-refractivity contribution in [3.05, 3.63) is 108 Å². The minimum absolute atomic E-state index is 0.123. The summed E-state index contributed by atoms with van der Waals surface area (Å²) in [7, 11) is 0. The van der Waals surface area contributed by atoms with Crippen LogP contribution < -0.4 is 5.32 Å². The summed E-state index contributed by atoms with van der Waals surface area (Å²) in [4.78, 5) is 12.2. The maximum atomic E-state index is 12.2. The second kappa shape index (κ2) is 10.1. The molecule has 144 valence electrons. The van der Waals surface area contributed by atoms with E-state index in [0.29, 0.717) is 6.42 Å². The van der Waals surface area contributed by atoms with E-state index in [1.807, 2.05) is 30.0 Å². The molecule has 28 heavy (non-hydrogen) atoms. The summed E-state index contributed by atoms with van der Waals surface area (Å²) in [5.41, 5.74) is 3.68. The van der Waals surface area contributed by atoms with E-state index in [0.717, 1.165) is 18.7 Å². The van der Waals surface area contributed by atoms with Crippen molar-refractivity contribution in [1.29, 1.82) is 0 Å². The first-order chi connectivity index (χ1) is 13.8. The molecule has 1 amide bonds. The van der Waals surface area contributed by atoms with E-state index in [-0.39, 0.29) is 10.7 Å². The van der Waals surface area contributed by atoms with Gasteiger partial charge < -0.3 is 5.32 Å². The molecular formula is C25H27NOS. The molecule has 0 atom stereocenters. The lowest BCUT2D eigenvalue weighted by molar-refractivity contribution is -0.120. The Kier molecular flexibility index (Phi) is 7.32. The maximum absolute atomic E-state index is 12.2. The van der Waals surface area contributed by atoms with Gasteiger partial charge in [0.05, 0.1) is 4.75 Å². The highest BCUT2D eigenvalue weighted by atomic mass is 32.2. The highest BCUT2D eigenvalue weighted by molar-refractivity contribution is 8.00. The van der Waals surface area contributed by atoms with Crippen LogP contribution in [0.4, 0.5) is 0 Å². The summed E-state index contributed by atoms with van der Waals surface area (Å²) in [6.45, 7) is 2.81. The Hall–Kier alpha value is -2.52. The first-order valence-electron chi connectivity index (χ1n) is 9.84. The molecule has 0 saturated heterocycles. The average Bonchev–Trinajstić information content (AvgIpc) is 2.77. The Labute approximate surface area is 172 Å². The number of nitrogens with one attached hydrogen (secondary N) is 1. The zero-order valence-corrected chi connectivity index (χ0v) is 17.1. The van der Waals surface area contributed by atoms with Crippen molar-refractivity contribution in [2.45, 2.75) is 24.5 Å². The number of carbonyl (C=O) groups excluding carboxylic acids is 1. The summed E-state index contributed by atoms with van der Waals surface area (Å²) < 4.78 is -0.352. The van der Waals surface area contributed by atoms with Crippen molar-refractivity contribution >= 4 is 17.7 Å². The zero-order chi connectivity index (χ0) is 19.7. The lowest BCUT2D eigenvalue weighted by Crippen LogP contribution is -2.28. The molecule has 3 aromatic rings. The number of carbonyl (C=O) groups is 1. The van der Waals surface area contributed by atoms with Crippen LogP contribution in [0.2, 0.25) is 0 Å². The van der Waals surface area contributed by atoms with Gasteiger partial charge in [-0.2, -0.15) is 0 Å². The summed E-state index contributed by atoms with van der Waals surface area (Å²) in [6.07, 6.45) is 1.47. The van der Waals surface area contributed by atoms with Gasteiger partial charge in [0.15, 0.2) is 0 Å². The zero-order valence-electron chi connectivity index (χ0n) is 16.3. The number of rotatable bonds is 9. The molecule has 0 aliphatic rings. The summed E-state index contributed by atoms with van der Waals surface area (Å²) in [6, 6.07) is 31.8. The van der Waals surface area contributed by atoms with E-state index < -0.39 is 0 Å². The van der Waals surface area contributed by atoms with E-state index in [4.69, 9.17) is 0 Å². The highest BCUT2D eigenvalue weighted by Crippen LogP contribution is 2.48. The van der Waals surface area contributed by atoms with Crippen LogP contribution in [0.3, 0.4) is 0 Å². The predicted molar refractivity (Wildman–Crippen MR) is 120 cm³/mol. The second-order valence-corrected chi connectivity index (χ2v) is 8.04. The number of benzene rings is 3. The summed E-state index contributed by atoms with van der Waals surface area (Å²) in [5.74, 6) is 0.867. The fourth-order valence-electron chi connectivity index (χ4n) is 3.42. The maximum Gasteiger partial charge on any atom is 0.220 e. The first kappa shape index (κ1) is 20.2. The number of hydrogen-bond acceptors (Lipinski definition) is 2. The average molecular weight is 390 g/mol. The Morgan fingerprint density at radius 1 is 0.786 bits per heavy atom. The molecule has 1 N–H and O–H groups in total. The van der Waals surface area contributed by atoms with Crippen LogP contribution in [0, 0.1) is 0 Å². The number of hydrogen-bond donors (Lipinski definition) is 1. The molecule has 0 aromatic heterocycles. The van der Waals surface area contributed by atoms with Gasteiger partial charge in [-0.3, -0.25) is 4.79 Å². The Balaban J connectivity index is 2.00. The quantitative estimate of drug-likeness (QED) is 0.481. The standard InChI is InChI=1S/C25H27NOS/c1-2-19-26-24(27)18-20-28-25(21-12-6-3-7-13-21,22-14-8-4-9-15-22)23-16-10-5-11-17-23/h3-17H,2,18-20H2,1H3,(H,26,27). The minimum atomic E-state index is -0.352. The van der Waals surface area contributed by atoms with Crippen LogP contribution in [0.1, 0.15) is 36.5 Å². The van der Waals surface area contributed by atoms with Gasteiger partial charge in [0.2, 0.25) is 5.91 Å². The largest absolute Gasteiger partial charge is 0.356 e. The molecule has 3 rings (SSSR count). The van der Waals surface area contributed by atoms with Crippen molar-refractivity contribution < 1.29 is 4.79 Å². The fourth-order valence-corrected chi connectivity index (χ4v) is 4.92. The molecule has 0 aliphatic heterocycles. The third-order valence-corrected chi connectivity index (χ3v) is 6.31. The summed E-state index contributed by atoms with van der Waals surface area (Å²) in [5, 5.41) is 2.99. The van der Waals surface area contributed by atoms with Crippen molar-refractivity contribution in [1.82, 2.24) is 5.32 Å². The minimum Gasteiger partial charge on any atom is -0.356 e. The van der Waals surface area contributed by atoms with Crippen LogP contribution in [0.25, 0.3) is 0 Å². The normalized spacial score (nSPS) is 11.2. The lowest BCUT2D eigenvalue weighted by Gasteiger charge is -2.35. The van der Waals surface area contributed by atoms with Gasteiger partial charge in [-0.1, -0.05) is 97.9 Å². The molecule has 3 heteroatoms. The molecule has 0 bridgehead atoms. The fraction of sp³-hybridized carbons (Fsp3) is 0.240. The third kappa shape index (κ3) is 4.66. The molecule has 0 radical (unpaired) electrons. The second-order valence-electron chi connectivity index (χ2n) is 6.73. The Morgan fingerprint density at radius 2 is 1.21 bits per heavy atom. The Morgan fingerprint density at radius 3 is 1.61 bits per heavy atom. The van der Waals surface area contributed by atoms with Crippen LogP contribution in [0.5, 0.6) is 0 Å². The molecule has 0 fully saturated rings. The van der Waals surface area contributed by atoms with Gasteiger partial charge >= 0.3 is 0 Å². The molecule has 0 spiro atoms. The topological polar surface area (TPSA) is 29.1 Å². The molecule has 0 saturated carbocycles.